The number of guanidine groups is 1. The second-order valence-corrected chi connectivity index (χ2v) is 6.07. The van der Waals surface area contributed by atoms with E-state index >= 15 is 0 Å². The first-order valence-corrected chi connectivity index (χ1v) is 9.30. The lowest BCUT2D eigenvalue weighted by Crippen LogP contribution is -2.40. The van der Waals surface area contributed by atoms with E-state index in [0.29, 0.717) is 0 Å². The molecule has 0 radical (unpaired) electrons. The van der Waals surface area contributed by atoms with Crippen molar-refractivity contribution in [1.29, 1.82) is 0 Å². The fourth-order valence-electron chi connectivity index (χ4n) is 2.86. The molecule has 1 aromatic rings. The van der Waals surface area contributed by atoms with Crippen LogP contribution in [0.15, 0.2) is 23.2 Å². The highest BCUT2D eigenvalue weighted by Crippen LogP contribution is 2.24. The van der Waals surface area contributed by atoms with Gasteiger partial charge in [0, 0.05) is 32.7 Å². The van der Waals surface area contributed by atoms with Crippen LogP contribution in [-0.2, 0) is 11.2 Å². The minimum absolute atomic E-state index is 0. The van der Waals surface area contributed by atoms with Crippen molar-refractivity contribution in [1.82, 2.24) is 15.5 Å². The molecule has 1 aliphatic rings. The van der Waals surface area contributed by atoms with Crippen molar-refractivity contribution in [2.75, 3.05) is 66.7 Å². The number of nitrogens with zero attached hydrogens (tertiary/aromatic N) is 2. The summed E-state index contributed by atoms with van der Waals surface area (Å²) < 4.78 is 16.1. The number of nitrogens with one attached hydrogen (secondary N) is 2. The van der Waals surface area contributed by atoms with E-state index in [1.165, 1.54) is 0 Å². The average molecular weight is 492 g/mol. The molecule has 0 atom stereocenters. The molecule has 1 saturated heterocycles. The van der Waals surface area contributed by atoms with Crippen molar-refractivity contribution in [2.24, 2.45) is 4.99 Å². The van der Waals surface area contributed by atoms with Gasteiger partial charge in [-0.15, -0.1) is 24.0 Å². The Labute approximate surface area is 179 Å². The van der Waals surface area contributed by atoms with Crippen LogP contribution in [-0.4, -0.2) is 77.6 Å². The van der Waals surface area contributed by atoms with Gasteiger partial charge in [0.15, 0.2) is 5.96 Å². The van der Waals surface area contributed by atoms with Crippen LogP contribution in [0.2, 0.25) is 0 Å². The third kappa shape index (κ3) is 8.52. The van der Waals surface area contributed by atoms with Crippen LogP contribution in [0.5, 0.6) is 11.5 Å². The second kappa shape index (κ2) is 13.8. The third-order valence-electron chi connectivity index (χ3n) is 4.31. The minimum Gasteiger partial charge on any atom is -0.497 e. The molecule has 1 aromatic carbocycles. The number of aliphatic imine (C=N–C) groups is 1. The molecule has 0 unspecified atom stereocenters. The van der Waals surface area contributed by atoms with Gasteiger partial charge in [0.1, 0.15) is 11.5 Å². The summed E-state index contributed by atoms with van der Waals surface area (Å²) in [6.07, 6.45) is 0.828. The Morgan fingerprint density at radius 3 is 2.63 bits per heavy atom. The van der Waals surface area contributed by atoms with Crippen LogP contribution in [0.25, 0.3) is 0 Å². The highest BCUT2D eigenvalue weighted by atomic mass is 127. The van der Waals surface area contributed by atoms with Crippen molar-refractivity contribution in [3.8, 4) is 11.5 Å². The Morgan fingerprint density at radius 1 is 1.19 bits per heavy atom. The topological polar surface area (TPSA) is 67.4 Å². The quantitative estimate of drug-likeness (QED) is 0.311. The number of hydrogen-bond acceptors (Lipinski definition) is 5. The highest BCUT2D eigenvalue weighted by molar-refractivity contribution is 14.0. The predicted octanol–water partition coefficient (Wildman–Crippen LogP) is 1.75. The van der Waals surface area contributed by atoms with Crippen molar-refractivity contribution in [3.05, 3.63) is 23.8 Å². The van der Waals surface area contributed by atoms with Crippen LogP contribution in [0, 0.1) is 0 Å². The van der Waals surface area contributed by atoms with Gasteiger partial charge in [-0.3, -0.25) is 9.89 Å². The fourth-order valence-corrected chi connectivity index (χ4v) is 2.86. The van der Waals surface area contributed by atoms with E-state index in [0.717, 1.165) is 81.9 Å². The lowest BCUT2D eigenvalue weighted by atomic mass is 10.1. The maximum Gasteiger partial charge on any atom is 0.191 e. The summed E-state index contributed by atoms with van der Waals surface area (Å²) in [4.78, 5) is 7.06. The molecule has 1 fully saturated rings. The fraction of sp³-hybridized carbons (Fsp3) is 0.632. The average Bonchev–Trinajstić information content (AvgIpc) is 2.68. The monoisotopic (exact) mass is 492 g/mol. The SMILES string of the molecule is CCNC(=NCCN1CCOCC1)NCCc1cc(OC)ccc1OC.I. The number of methoxy groups -OCH3 is 2. The van der Waals surface area contributed by atoms with E-state index in [2.05, 4.69) is 27.4 Å². The number of ether oxygens (including phenoxy) is 3. The number of benzene rings is 1. The molecule has 7 nitrogen and oxygen atoms in total. The van der Waals surface area contributed by atoms with Crippen LogP contribution >= 0.6 is 24.0 Å². The molecule has 154 valence electrons. The van der Waals surface area contributed by atoms with E-state index < -0.39 is 0 Å². The zero-order valence-electron chi connectivity index (χ0n) is 16.6. The Morgan fingerprint density at radius 2 is 1.96 bits per heavy atom. The number of halogens is 1. The lowest BCUT2D eigenvalue weighted by molar-refractivity contribution is 0.0394. The first-order valence-electron chi connectivity index (χ1n) is 9.30. The Bertz CT molecular complexity index is 566. The van der Waals surface area contributed by atoms with E-state index in [1.54, 1.807) is 14.2 Å². The Balaban J connectivity index is 0.00000364. The molecule has 27 heavy (non-hydrogen) atoms. The van der Waals surface area contributed by atoms with Gasteiger partial charge in [0.25, 0.3) is 0 Å². The lowest BCUT2D eigenvalue weighted by Gasteiger charge is -2.25. The zero-order valence-corrected chi connectivity index (χ0v) is 19.0. The van der Waals surface area contributed by atoms with Gasteiger partial charge in [0.05, 0.1) is 34.0 Å². The summed E-state index contributed by atoms with van der Waals surface area (Å²) in [5, 5.41) is 6.69. The van der Waals surface area contributed by atoms with Gasteiger partial charge >= 0.3 is 0 Å². The summed E-state index contributed by atoms with van der Waals surface area (Å²) in [7, 11) is 3.37. The molecule has 0 saturated carbocycles. The number of rotatable bonds is 9. The minimum atomic E-state index is 0. The van der Waals surface area contributed by atoms with Crippen molar-refractivity contribution < 1.29 is 14.2 Å². The van der Waals surface area contributed by atoms with Crippen molar-refractivity contribution in [2.45, 2.75) is 13.3 Å². The number of hydrogen-bond donors (Lipinski definition) is 2. The first kappa shape index (κ1) is 23.8. The van der Waals surface area contributed by atoms with Crippen LogP contribution in [0.4, 0.5) is 0 Å². The Kier molecular flexibility index (Phi) is 12.2. The standard InChI is InChI=1S/C19H32N4O3.HI/c1-4-20-19(22-9-10-23-11-13-26-14-12-23)21-8-7-16-15-17(24-2)5-6-18(16)25-3;/h5-6,15H,4,7-14H2,1-3H3,(H2,20,21,22);1H. The van der Waals surface area contributed by atoms with Crippen molar-refractivity contribution >= 4 is 29.9 Å². The van der Waals surface area contributed by atoms with Crippen LogP contribution in [0.3, 0.4) is 0 Å². The smallest absolute Gasteiger partial charge is 0.191 e. The maximum atomic E-state index is 5.44. The molecule has 8 heteroatoms. The van der Waals surface area contributed by atoms with E-state index in [-0.39, 0.29) is 24.0 Å². The first-order chi connectivity index (χ1) is 12.8. The molecule has 0 amide bonds. The number of morpholine rings is 1. The van der Waals surface area contributed by atoms with E-state index in [4.69, 9.17) is 14.2 Å². The molecule has 0 bridgehead atoms. The Hall–Kier alpha value is -1.26. The van der Waals surface area contributed by atoms with Gasteiger partial charge in [-0.2, -0.15) is 0 Å². The molecule has 2 rings (SSSR count). The maximum absolute atomic E-state index is 5.44. The molecule has 0 spiro atoms. The summed E-state index contributed by atoms with van der Waals surface area (Å²) in [5.74, 6) is 2.57. The van der Waals surface area contributed by atoms with Crippen LogP contribution < -0.4 is 20.1 Å². The van der Waals surface area contributed by atoms with Gasteiger partial charge in [0.2, 0.25) is 0 Å². The largest absolute Gasteiger partial charge is 0.497 e. The van der Waals surface area contributed by atoms with E-state index in [1.807, 2.05) is 18.2 Å². The molecular weight excluding hydrogens is 459 g/mol. The predicted molar refractivity (Wildman–Crippen MR) is 120 cm³/mol. The van der Waals surface area contributed by atoms with Gasteiger partial charge in [-0.1, -0.05) is 0 Å². The molecule has 1 heterocycles. The van der Waals surface area contributed by atoms with E-state index in [9.17, 15) is 0 Å². The normalized spacial score (nSPS) is 15.0. The van der Waals surface area contributed by atoms with Crippen molar-refractivity contribution in [3.63, 3.8) is 0 Å². The van der Waals surface area contributed by atoms with Gasteiger partial charge < -0.3 is 24.8 Å². The van der Waals surface area contributed by atoms with Gasteiger partial charge in [-0.05, 0) is 37.1 Å². The van der Waals surface area contributed by atoms with Gasteiger partial charge in [-0.25, -0.2) is 0 Å². The molecule has 1 aliphatic heterocycles. The summed E-state index contributed by atoms with van der Waals surface area (Å²) >= 11 is 0. The summed E-state index contributed by atoms with van der Waals surface area (Å²) in [5.41, 5.74) is 1.11. The summed E-state index contributed by atoms with van der Waals surface area (Å²) in [6.45, 7) is 9.06. The molecule has 2 N–H and O–H groups in total. The zero-order chi connectivity index (χ0) is 18.6. The summed E-state index contributed by atoms with van der Waals surface area (Å²) in [6, 6.07) is 5.87. The third-order valence-corrected chi connectivity index (χ3v) is 4.31. The molecular formula is C19H33IN4O3. The second-order valence-electron chi connectivity index (χ2n) is 6.07. The molecule has 0 aliphatic carbocycles. The molecule has 0 aromatic heterocycles. The van der Waals surface area contributed by atoms with Crippen LogP contribution in [0.1, 0.15) is 12.5 Å². The highest BCUT2D eigenvalue weighted by Gasteiger charge is 2.09.